The van der Waals surface area contributed by atoms with Crippen molar-refractivity contribution in [1.82, 2.24) is 10.2 Å². The standard InChI is InChI=1S/C13H15F3N2OS/c1-2-9-11(19)18(12(4-5-12)13(14,15)16)10(17-9)8-3-6-20-7-8/h3,6-7,9-10,17H,2,4-5H2,1H3. The van der Waals surface area contributed by atoms with Crippen LogP contribution in [0.25, 0.3) is 0 Å². The Labute approximate surface area is 118 Å². The van der Waals surface area contributed by atoms with Crippen LogP contribution >= 0.6 is 11.3 Å². The van der Waals surface area contributed by atoms with Crippen molar-refractivity contribution in [2.45, 2.75) is 50.1 Å². The van der Waals surface area contributed by atoms with Crippen LogP contribution in [0.2, 0.25) is 0 Å². The van der Waals surface area contributed by atoms with Gasteiger partial charge in [0.1, 0.15) is 11.7 Å². The van der Waals surface area contributed by atoms with Gasteiger partial charge in [0.15, 0.2) is 0 Å². The molecule has 2 atom stereocenters. The molecular weight excluding hydrogens is 289 g/mol. The molecule has 2 heterocycles. The molecule has 2 fully saturated rings. The zero-order valence-corrected chi connectivity index (χ0v) is 11.7. The number of thiophene rings is 1. The first kappa shape index (κ1) is 13.9. The first-order chi connectivity index (χ1) is 9.40. The summed E-state index contributed by atoms with van der Waals surface area (Å²) >= 11 is 1.42. The SMILES string of the molecule is CCC1NC(c2ccsc2)N(C2(C(F)(F)F)CC2)C1=O. The zero-order chi connectivity index (χ0) is 14.5. The highest BCUT2D eigenvalue weighted by Crippen LogP contribution is 2.57. The minimum absolute atomic E-state index is 0.000984. The number of hydrogen-bond acceptors (Lipinski definition) is 3. The van der Waals surface area contributed by atoms with Crippen LogP contribution in [0.4, 0.5) is 13.2 Å². The molecule has 0 aromatic carbocycles. The highest BCUT2D eigenvalue weighted by atomic mass is 32.1. The van der Waals surface area contributed by atoms with Crippen LogP contribution in [-0.2, 0) is 4.79 Å². The van der Waals surface area contributed by atoms with E-state index in [0.29, 0.717) is 6.42 Å². The summed E-state index contributed by atoms with van der Waals surface area (Å²) in [4.78, 5) is 13.4. The van der Waals surface area contributed by atoms with Crippen LogP contribution in [-0.4, -0.2) is 28.6 Å². The van der Waals surface area contributed by atoms with Crippen molar-refractivity contribution in [3.8, 4) is 0 Å². The van der Waals surface area contributed by atoms with Crippen molar-refractivity contribution in [3.63, 3.8) is 0 Å². The number of alkyl halides is 3. The first-order valence-corrected chi connectivity index (χ1v) is 7.53. The summed E-state index contributed by atoms with van der Waals surface area (Å²) in [7, 11) is 0. The summed E-state index contributed by atoms with van der Waals surface area (Å²) in [6.07, 6.45) is -4.55. The Morgan fingerprint density at radius 2 is 2.20 bits per heavy atom. The number of carbonyl (C=O) groups excluding carboxylic acids is 1. The normalized spacial score (nSPS) is 29.0. The molecule has 110 valence electrons. The van der Waals surface area contributed by atoms with Gasteiger partial charge in [0.2, 0.25) is 5.91 Å². The Bertz CT molecular complexity index is 510. The van der Waals surface area contributed by atoms with E-state index >= 15 is 0 Å². The van der Waals surface area contributed by atoms with E-state index in [2.05, 4.69) is 5.32 Å². The average Bonchev–Trinajstić information content (AvgIpc) is 2.88. The molecule has 1 aliphatic heterocycles. The van der Waals surface area contributed by atoms with Crippen molar-refractivity contribution >= 4 is 17.2 Å². The highest BCUT2D eigenvalue weighted by Gasteiger charge is 2.70. The summed E-state index contributed by atoms with van der Waals surface area (Å²) in [6.45, 7) is 1.80. The van der Waals surface area contributed by atoms with E-state index in [-0.39, 0.29) is 12.8 Å². The largest absolute Gasteiger partial charge is 0.411 e. The number of amides is 1. The summed E-state index contributed by atoms with van der Waals surface area (Å²) in [5.41, 5.74) is -1.23. The van der Waals surface area contributed by atoms with Crippen molar-refractivity contribution in [1.29, 1.82) is 0 Å². The van der Waals surface area contributed by atoms with E-state index < -0.39 is 29.8 Å². The molecule has 0 spiro atoms. The van der Waals surface area contributed by atoms with Gasteiger partial charge in [-0.1, -0.05) is 6.92 Å². The molecule has 1 aliphatic carbocycles. The van der Waals surface area contributed by atoms with Crippen LogP contribution in [0.5, 0.6) is 0 Å². The molecule has 1 N–H and O–H groups in total. The third kappa shape index (κ3) is 1.87. The quantitative estimate of drug-likeness (QED) is 0.931. The maximum atomic E-state index is 13.3. The average molecular weight is 304 g/mol. The highest BCUT2D eigenvalue weighted by molar-refractivity contribution is 7.07. The summed E-state index contributed by atoms with van der Waals surface area (Å²) in [5, 5.41) is 6.65. The number of rotatable bonds is 3. The predicted octanol–water partition coefficient (Wildman–Crippen LogP) is 3.05. The third-order valence-corrected chi connectivity index (χ3v) is 4.83. The van der Waals surface area contributed by atoms with Gasteiger partial charge in [0.05, 0.1) is 6.04 Å². The van der Waals surface area contributed by atoms with E-state index in [1.807, 2.05) is 5.38 Å². The van der Waals surface area contributed by atoms with Crippen molar-refractivity contribution in [2.24, 2.45) is 0 Å². The topological polar surface area (TPSA) is 32.3 Å². The van der Waals surface area contributed by atoms with Crippen molar-refractivity contribution in [2.75, 3.05) is 0 Å². The first-order valence-electron chi connectivity index (χ1n) is 6.59. The minimum Gasteiger partial charge on any atom is -0.307 e. The lowest BCUT2D eigenvalue weighted by atomic mass is 10.1. The van der Waals surface area contributed by atoms with Gasteiger partial charge in [-0.15, -0.1) is 0 Å². The molecule has 1 aromatic rings. The molecule has 2 aliphatic rings. The molecule has 7 heteroatoms. The Hall–Kier alpha value is -1.08. The van der Waals surface area contributed by atoms with E-state index in [0.717, 1.165) is 10.5 Å². The molecule has 2 unspecified atom stereocenters. The van der Waals surface area contributed by atoms with Gasteiger partial charge in [-0.3, -0.25) is 10.1 Å². The Morgan fingerprint density at radius 1 is 1.50 bits per heavy atom. The van der Waals surface area contributed by atoms with Gasteiger partial charge in [0, 0.05) is 0 Å². The van der Waals surface area contributed by atoms with E-state index in [1.165, 1.54) is 11.3 Å². The summed E-state index contributed by atoms with van der Waals surface area (Å²) < 4.78 is 40.0. The number of halogens is 3. The molecule has 0 radical (unpaired) electrons. The fourth-order valence-electron chi connectivity index (χ4n) is 2.84. The van der Waals surface area contributed by atoms with Crippen molar-refractivity contribution in [3.05, 3.63) is 22.4 Å². The fourth-order valence-corrected chi connectivity index (χ4v) is 3.52. The lowest BCUT2D eigenvalue weighted by molar-refractivity contribution is -0.202. The van der Waals surface area contributed by atoms with Crippen LogP contribution in [0, 0.1) is 0 Å². The zero-order valence-electron chi connectivity index (χ0n) is 10.9. The van der Waals surface area contributed by atoms with Gasteiger partial charge in [0.25, 0.3) is 0 Å². The fraction of sp³-hybridized carbons (Fsp3) is 0.615. The van der Waals surface area contributed by atoms with Gasteiger partial charge < -0.3 is 4.90 Å². The van der Waals surface area contributed by atoms with Gasteiger partial charge >= 0.3 is 6.18 Å². The second-order valence-electron chi connectivity index (χ2n) is 5.32. The maximum Gasteiger partial charge on any atom is 0.411 e. The van der Waals surface area contributed by atoms with E-state index in [1.54, 1.807) is 18.4 Å². The number of carbonyl (C=O) groups is 1. The molecule has 1 saturated heterocycles. The predicted molar refractivity (Wildman–Crippen MR) is 69.1 cm³/mol. The Balaban J connectivity index is 1.99. The monoisotopic (exact) mass is 304 g/mol. The van der Waals surface area contributed by atoms with Gasteiger partial charge in [-0.05, 0) is 41.7 Å². The van der Waals surface area contributed by atoms with Crippen LogP contribution < -0.4 is 5.32 Å². The smallest absolute Gasteiger partial charge is 0.307 e. The summed E-state index contributed by atoms with van der Waals surface area (Å²) in [5.74, 6) is -0.432. The molecule has 3 nitrogen and oxygen atoms in total. The molecule has 1 aromatic heterocycles. The number of hydrogen-bond donors (Lipinski definition) is 1. The minimum atomic E-state index is -4.37. The van der Waals surface area contributed by atoms with E-state index in [9.17, 15) is 18.0 Å². The molecule has 20 heavy (non-hydrogen) atoms. The van der Waals surface area contributed by atoms with Crippen molar-refractivity contribution < 1.29 is 18.0 Å². The molecule has 1 amide bonds. The molecule has 0 bridgehead atoms. The maximum absolute atomic E-state index is 13.3. The number of nitrogens with zero attached hydrogens (tertiary/aromatic N) is 1. The second-order valence-corrected chi connectivity index (χ2v) is 6.10. The van der Waals surface area contributed by atoms with Crippen LogP contribution in [0.3, 0.4) is 0 Å². The Morgan fingerprint density at radius 3 is 2.65 bits per heavy atom. The molecule has 3 rings (SSSR count). The van der Waals surface area contributed by atoms with Crippen LogP contribution in [0.15, 0.2) is 16.8 Å². The van der Waals surface area contributed by atoms with Crippen LogP contribution in [0.1, 0.15) is 37.9 Å². The number of nitrogens with one attached hydrogen (secondary N) is 1. The van der Waals surface area contributed by atoms with E-state index in [4.69, 9.17) is 0 Å². The van der Waals surface area contributed by atoms with Gasteiger partial charge in [-0.25, -0.2) is 0 Å². The lowest BCUT2D eigenvalue weighted by Crippen LogP contribution is -2.51. The lowest BCUT2D eigenvalue weighted by Gasteiger charge is -2.34. The molecular formula is C13H15F3N2OS. The molecule has 1 saturated carbocycles. The van der Waals surface area contributed by atoms with Gasteiger partial charge in [-0.2, -0.15) is 24.5 Å². The third-order valence-electron chi connectivity index (χ3n) is 4.13. The second kappa shape index (κ2) is 4.46. The summed E-state index contributed by atoms with van der Waals surface area (Å²) in [6, 6.07) is 1.24. The Kier molecular flexibility index (Phi) is 3.10.